The molecule has 0 aliphatic rings. The van der Waals surface area contributed by atoms with Gasteiger partial charge in [-0.05, 0) is 54.8 Å². The van der Waals surface area contributed by atoms with E-state index in [1.807, 2.05) is 29.8 Å². The van der Waals surface area contributed by atoms with Crippen LogP contribution < -0.4 is 14.8 Å². The average Bonchev–Trinajstić information content (AvgIpc) is 3.37. The number of nitrogens with one attached hydrogen (secondary N) is 1. The van der Waals surface area contributed by atoms with Crippen molar-refractivity contribution in [3.8, 4) is 11.5 Å². The summed E-state index contributed by atoms with van der Waals surface area (Å²) in [5.74, 6) is 1.16. The van der Waals surface area contributed by atoms with E-state index in [0.717, 1.165) is 10.6 Å². The zero-order valence-corrected chi connectivity index (χ0v) is 16.4. The van der Waals surface area contributed by atoms with Gasteiger partial charge in [0, 0.05) is 15.8 Å². The summed E-state index contributed by atoms with van der Waals surface area (Å²) in [7, 11) is 0. The lowest BCUT2D eigenvalue weighted by Crippen LogP contribution is -2.28. The molecule has 1 amide bonds. The molecule has 0 saturated heterocycles. The van der Waals surface area contributed by atoms with E-state index in [0.29, 0.717) is 29.3 Å². The van der Waals surface area contributed by atoms with Crippen LogP contribution >= 0.6 is 22.7 Å². The molecule has 2 aromatic heterocycles. The topological polar surface area (TPSA) is 64.6 Å². The first-order valence-electron chi connectivity index (χ1n) is 8.43. The molecule has 140 valence electrons. The molecule has 7 heteroatoms. The van der Waals surface area contributed by atoms with Gasteiger partial charge in [-0.3, -0.25) is 9.59 Å². The Bertz CT molecular complexity index is 885. The number of hydrogen-bond acceptors (Lipinski definition) is 6. The molecule has 3 aromatic rings. The van der Waals surface area contributed by atoms with Gasteiger partial charge in [0.25, 0.3) is 5.91 Å². The molecular weight excluding hydrogens is 382 g/mol. The highest BCUT2D eigenvalue weighted by molar-refractivity contribution is 7.14. The van der Waals surface area contributed by atoms with Gasteiger partial charge in [0.2, 0.25) is 5.78 Å². The molecule has 0 spiro atoms. The molecule has 0 aliphatic carbocycles. The molecule has 1 N–H and O–H groups in total. The Kier molecular flexibility index (Phi) is 6.62. The molecule has 27 heavy (non-hydrogen) atoms. The third-order valence-corrected chi connectivity index (χ3v) is 5.40. The van der Waals surface area contributed by atoms with Crippen LogP contribution in [-0.4, -0.2) is 24.9 Å². The number of ether oxygens (including phenoxy) is 2. The van der Waals surface area contributed by atoms with Crippen molar-refractivity contribution in [2.75, 3.05) is 13.2 Å². The van der Waals surface area contributed by atoms with E-state index in [2.05, 4.69) is 5.32 Å². The smallest absolute Gasteiger partial charge is 0.258 e. The maximum atomic E-state index is 12.3. The monoisotopic (exact) mass is 401 g/mol. The van der Waals surface area contributed by atoms with Crippen molar-refractivity contribution in [1.29, 1.82) is 0 Å². The minimum atomic E-state index is -0.219. The van der Waals surface area contributed by atoms with Gasteiger partial charge in [0.05, 0.1) is 18.0 Å². The van der Waals surface area contributed by atoms with Gasteiger partial charge >= 0.3 is 0 Å². The Hall–Kier alpha value is -2.64. The number of benzene rings is 1. The van der Waals surface area contributed by atoms with E-state index in [1.54, 1.807) is 30.3 Å². The van der Waals surface area contributed by atoms with Crippen LogP contribution in [0.3, 0.4) is 0 Å². The molecule has 0 atom stereocenters. The summed E-state index contributed by atoms with van der Waals surface area (Å²) in [4.78, 5) is 25.8. The average molecular weight is 402 g/mol. The largest absolute Gasteiger partial charge is 0.494 e. The number of hydrogen-bond donors (Lipinski definition) is 1. The Morgan fingerprint density at radius 2 is 1.74 bits per heavy atom. The molecule has 2 heterocycles. The SMILES string of the molecule is CCOc1ccc(OCC(=O)NCc2ccc(C(=O)c3ccsc3)s2)cc1. The molecule has 0 bridgehead atoms. The lowest BCUT2D eigenvalue weighted by molar-refractivity contribution is -0.123. The standard InChI is InChI=1S/C20H19NO4S2/c1-2-24-15-3-5-16(6-4-15)25-12-19(22)21-11-17-7-8-18(27-17)20(23)14-9-10-26-13-14/h3-10,13H,2,11-12H2,1H3,(H,21,22). The third-order valence-electron chi connectivity index (χ3n) is 3.63. The molecule has 1 aromatic carbocycles. The fraction of sp³-hybridized carbons (Fsp3) is 0.200. The zero-order chi connectivity index (χ0) is 19.1. The summed E-state index contributed by atoms with van der Waals surface area (Å²) in [6.07, 6.45) is 0. The summed E-state index contributed by atoms with van der Waals surface area (Å²) in [5, 5.41) is 6.52. The Morgan fingerprint density at radius 1 is 1.00 bits per heavy atom. The lowest BCUT2D eigenvalue weighted by Gasteiger charge is -2.08. The third kappa shape index (κ3) is 5.42. The van der Waals surface area contributed by atoms with Gasteiger partial charge in [-0.2, -0.15) is 11.3 Å². The minimum absolute atomic E-state index is 0.0117. The highest BCUT2D eigenvalue weighted by Gasteiger charge is 2.12. The van der Waals surface area contributed by atoms with Gasteiger partial charge in [0.15, 0.2) is 6.61 Å². The molecule has 0 unspecified atom stereocenters. The van der Waals surface area contributed by atoms with E-state index in [-0.39, 0.29) is 18.3 Å². The molecule has 0 radical (unpaired) electrons. The highest BCUT2D eigenvalue weighted by atomic mass is 32.1. The van der Waals surface area contributed by atoms with Crippen LogP contribution in [0, 0.1) is 0 Å². The first-order valence-corrected chi connectivity index (χ1v) is 10.2. The zero-order valence-electron chi connectivity index (χ0n) is 14.8. The number of thiophene rings is 2. The maximum absolute atomic E-state index is 12.3. The summed E-state index contributed by atoms with van der Waals surface area (Å²) in [6.45, 7) is 2.82. The molecule has 0 aliphatic heterocycles. The minimum Gasteiger partial charge on any atom is -0.494 e. The first-order chi connectivity index (χ1) is 13.2. The van der Waals surface area contributed by atoms with E-state index < -0.39 is 0 Å². The number of rotatable bonds is 9. The van der Waals surface area contributed by atoms with Crippen LogP contribution in [0.15, 0.2) is 53.2 Å². The highest BCUT2D eigenvalue weighted by Crippen LogP contribution is 2.21. The van der Waals surface area contributed by atoms with Crippen molar-refractivity contribution in [1.82, 2.24) is 5.32 Å². The van der Waals surface area contributed by atoms with Crippen molar-refractivity contribution < 1.29 is 19.1 Å². The van der Waals surface area contributed by atoms with Crippen LogP contribution in [0.25, 0.3) is 0 Å². The molecule has 3 rings (SSSR count). The molecule has 5 nitrogen and oxygen atoms in total. The summed E-state index contributed by atoms with van der Waals surface area (Å²) >= 11 is 2.88. The van der Waals surface area contributed by atoms with Gasteiger partial charge in [-0.1, -0.05) is 0 Å². The molecule has 0 fully saturated rings. The number of amides is 1. The Morgan fingerprint density at radius 3 is 2.41 bits per heavy atom. The molecular formula is C20H19NO4S2. The predicted molar refractivity (Wildman–Crippen MR) is 107 cm³/mol. The van der Waals surface area contributed by atoms with E-state index in [4.69, 9.17) is 9.47 Å². The van der Waals surface area contributed by atoms with Crippen LogP contribution in [0.5, 0.6) is 11.5 Å². The second kappa shape index (κ2) is 9.34. The Balaban J connectivity index is 1.44. The van der Waals surface area contributed by atoms with Crippen LogP contribution in [0.4, 0.5) is 0 Å². The van der Waals surface area contributed by atoms with Crippen LogP contribution in [0.2, 0.25) is 0 Å². The lowest BCUT2D eigenvalue weighted by atomic mass is 10.2. The van der Waals surface area contributed by atoms with Gasteiger partial charge in [-0.15, -0.1) is 11.3 Å². The van der Waals surface area contributed by atoms with Gasteiger partial charge < -0.3 is 14.8 Å². The number of carbonyl (C=O) groups is 2. The second-order valence-corrected chi connectivity index (χ2v) is 7.53. The van der Waals surface area contributed by atoms with Gasteiger partial charge in [0.1, 0.15) is 11.5 Å². The fourth-order valence-electron chi connectivity index (χ4n) is 2.32. The quantitative estimate of drug-likeness (QED) is 0.548. The van der Waals surface area contributed by atoms with Gasteiger partial charge in [-0.25, -0.2) is 0 Å². The van der Waals surface area contributed by atoms with E-state index in [9.17, 15) is 9.59 Å². The van der Waals surface area contributed by atoms with Crippen molar-refractivity contribution >= 4 is 34.4 Å². The van der Waals surface area contributed by atoms with Crippen LogP contribution in [-0.2, 0) is 11.3 Å². The normalized spacial score (nSPS) is 10.4. The first kappa shape index (κ1) is 19.1. The van der Waals surface area contributed by atoms with Crippen molar-refractivity contribution in [2.45, 2.75) is 13.5 Å². The van der Waals surface area contributed by atoms with Crippen molar-refractivity contribution in [2.24, 2.45) is 0 Å². The van der Waals surface area contributed by atoms with E-state index in [1.165, 1.54) is 22.7 Å². The molecule has 0 saturated carbocycles. The fourth-order valence-corrected chi connectivity index (χ4v) is 3.86. The number of ketones is 1. The van der Waals surface area contributed by atoms with Crippen molar-refractivity contribution in [3.63, 3.8) is 0 Å². The van der Waals surface area contributed by atoms with E-state index >= 15 is 0 Å². The Labute approximate surface area is 165 Å². The second-order valence-electron chi connectivity index (χ2n) is 5.58. The number of carbonyl (C=O) groups excluding carboxylic acids is 2. The maximum Gasteiger partial charge on any atom is 0.258 e. The summed E-state index contributed by atoms with van der Waals surface area (Å²) in [5.41, 5.74) is 0.696. The summed E-state index contributed by atoms with van der Waals surface area (Å²) < 4.78 is 10.8. The van der Waals surface area contributed by atoms with Crippen LogP contribution in [0.1, 0.15) is 27.0 Å². The predicted octanol–water partition coefficient (Wildman–Crippen LogP) is 4.13. The van der Waals surface area contributed by atoms with Crippen molar-refractivity contribution in [3.05, 3.63) is 68.5 Å². The summed E-state index contributed by atoms with van der Waals surface area (Å²) in [6, 6.07) is 12.6.